The van der Waals surface area contributed by atoms with Crippen LogP contribution in [0.25, 0.3) is 0 Å². The number of β-amino-alcohol motifs (C(OH)–C–C–N with tert-alkyl or cyclic N) is 1. The Morgan fingerprint density at radius 3 is 2.52 bits per heavy atom. The fourth-order valence-corrected chi connectivity index (χ4v) is 3.37. The fourth-order valence-electron chi connectivity index (χ4n) is 3.37. The van der Waals surface area contributed by atoms with E-state index in [2.05, 4.69) is 4.90 Å². The number of ether oxygens (including phenoxy) is 2. The van der Waals surface area contributed by atoms with Crippen LogP contribution in [0.5, 0.6) is 0 Å². The molecule has 0 spiro atoms. The normalized spacial score (nSPS) is 31.6. The zero-order valence-corrected chi connectivity index (χ0v) is 14.3. The van der Waals surface area contributed by atoms with Crippen LogP contribution in [0.4, 0.5) is 0 Å². The van der Waals surface area contributed by atoms with Crippen LogP contribution in [0.3, 0.4) is 0 Å². The lowest BCUT2D eigenvalue weighted by molar-refractivity contribution is -0.283. The zero-order valence-electron chi connectivity index (χ0n) is 14.3. The Morgan fingerprint density at radius 1 is 1.16 bits per heavy atom. The van der Waals surface area contributed by atoms with Crippen LogP contribution in [0.2, 0.25) is 0 Å². The van der Waals surface area contributed by atoms with Gasteiger partial charge in [0.1, 0.15) is 18.3 Å². The Morgan fingerprint density at radius 2 is 1.84 bits per heavy atom. The van der Waals surface area contributed by atoms with E-state index < -0.39 is 30.7 Å². The molecular weight excluding hydrogens is 324 g/mol. The van der Waals surface area contributed by atoms with E-state index in [-0.39, 0.29) is 12.6 Å². The number of aliphatic hydroxyl groups is 3. The minimum Gasteiger partial charge on any atom is -0.389 e. The highest BCUT2D eigenvalue weighted by Gasteiger charge is 2.39. The SMILES string of the molecule is NC1CCN(C[C@H](O)[C@@H](O)[C@@H]2OC(c3ccccc3)OC[C@H]2O)CC1. The molecule has 0 aliphatic carbocycles. The lowest BCUT2D eigenvalue weighted by Gasteiger charge is -2.39. The van der Waals surface area contributed by atoms with Gasteiger partial charge < -0.3 is 35.4 Å². The van der Waals surface area contributed by atoms with Crippen molar-refractivity contribution in [2.75, 3.05) is 26.2 Å². The Bertz CT molecular complexity index is 523. The van der Waals surface area contributed by atoms with Crippen LogP contribution in [-0.4, -0.2) is 76.9 Å². The smallest absolute Gasteiger partial charge is 0.184 e. The number of hydrogen-bond donors (Lipinski definition) is 4. The van der Waals surface area contributed by atoms with Gasteiger partial charge in [-0.3, -0.25) is 0 Å². The first kappa shape index (κ1) is 18.7. The van der Waals surface area contributed by atoms with Crippen LogP contribution in [0.15, 0.2) is 30.3 Å². The van der Waals surface area contributed by atoms with E-state index in [4.69, 9.17) is 15.2 Å². The van der Waals surface area contributed by atoms with Gasteiger partial charge in [0, 0.05) is 18.2 Å². The van der Waals surface area contributed by atoms with Gasteiger partial charge in [-0.1, -0.05) is 30.3 Å². The van der Waals surface area contributed by atoms with Gasteiger partial charge in [0.25, 0.3) is 0 Å². The van der Waals surface area contributed by atoms with Crippen molar-refractivity contribution in [2.24, 2.45) is 5.73 Å². The number of nitrogens with two attached hydrogens (primary N) is 1. The molecule has 1 aromatic carbocycles. The van der Waals surface area contributed by atoms with E-state index in [1.807, 2.05) is 30.3 Å². The molecule has 2 fully saturated rings. The van der Waals surface area contributed by atoms with E-state index in [9.17, 15) is 15.3 Å². The summed E-state index contributed by atoms with van der Waals surface area (Å²) >= 11 is 0. The standard InChI is InChI=1S/C18H28N2O5/c19-13-6-8-20(9-7-13)10-14(21)16(23)17-15(22)11-24-18(25-17)12-4-2-1-3-5-12/h1-5,13-18,21-23H,6-11,19H2/t14-,15+,16+,17+,18?/m0/s1. The van der Waals surface area contributed by atoms with Gasteiger partial charge in [-0.05, 0) is 25.9 Å². The molecule has 25 heavy (non-hydrogen) atoms. The number of hydrogen-bond acceptors (Lipinski definition) is 7. The van der Waals surface area contributed by atoms with Crippen LogP contribution < -0.4 is 5.73 Å². The summed E-state index contributed by atoms with van der Waals surface area (Å²) in [5.41, 5.74) is 6.70. The van der Waals surface area contributed by atoms with Gasteiger partial charge in [-0.2, -0.15) is 0 Å². The maximum Gasteiger partial charge on any atom is 0.184 e. The van der Waals surface area contributed by atoms with E-state index in [0.29, 0.717) is 6.54 Å². The molecule has 0 saturated carbocycles. The highest BCUT2D eigenvalue weighted by Crippen LogP contribution is 2.28. The third kappa shape index (κ3) is 4.77. The van der Waals surface area contributed by atoms with Gasteiger partial charge in [-0.15, -0.1) is 0 Å². The monoisotopic (exact) mass is 352 g/mol. The molecule has 7 nitrogen and oxygen atoms in total. The molecule has 5 N–H and O–H groups in total. The number of likely N-dealkylation sites (tertiary alicyclic amines) is 1. The highest BCUT2D eigenvalue weighted by molar-refractivity contribution is 5.16. The lowest BCUT2D eigenvalue weighted by Crippen LogP contribution is -2.54. The van der Waals surface area contributed by atoms with Crippen LogP contribution in [-0.2, 0) is 9.47 Å². The molecule has 2 aliphatic rings. The minimum absolute atomic E-state index is 0.0482. The minimum atomic E-state index is -1.19. The van der Waals surface area contributed by atoms with Crippen molar-refractivity contribution in [3.05, 3.63) is 35.9 Å². The number of benzene rings is 1. The van der Waals surface area contributed by atoms with Gasteiger partial charge in [0.2, 0.25) is 0 Å². The third-order valence-electron chi connectivity index (χ3n) is 4.96. The molecule has 140 valence electrons. The third-order valence-corrected chi connectivity index (χ3v) is 4.96. The predicted molar refractivity (Wildman–Crippen MR) is 91.7 cm³/mol. The summed E-state index contributed by atoms with van der Waals surface area (Å²) in [6, 6.07) is 9.56. The predicted octanol–water partition coefficient (Wildman–Crippen LogP) is -0.394. The fraction of sp³-hybridized carbons (Fsp3) is 0.667. The molecule has 2 saturated heterocycles. The van der Waals surface area contributed by atoms with Crippen LogP contribution in [0, 0.1) is 0 Å². The summed E-state index contributed by atoms with van der Waals surface area (Å²) in [6.07, 6.45) is -2.99. The molecular formula is C18H28N2O5. The van der Waals surface area contributed by atoms with Gasteiger partial charge >= 0.3 is 0 Å². The van der Waals surface area contributed by atoms with Crippen LogP contribution >= 0.6 is 0 Å². The molecule has 2 aliphatic heterocycles. The summed E-state index contributed by atoms with van der Waals surface area (Å²) in [7, 11) is 0. The van der Waals surface area contributed by atoms with Crippen molar-refractivity contribution in [1.29, 1.82) is 0 Å². The molecule has 5 atom stereocenters. The number of piperidine rings is 1. The largest absolute Gasteiger partial charge is 0.389 e. The van der Waals surface area contributed by atoms with E-state index in [1.54, 1.807) is 0 Å². The van der Waals surface area contributed by atoms with Gasteiger partial charge in [0.15, 0.2) is 6.29 Å². The van der Waals surface area contributed by atoms with Gasteiger partial charge in [-0.25, -0.2) is 0 Å². The Hall–Kier alpha value is -1.06. The molecule has 1 aromatic rings. The maximum absolute atomic E-state index is 10.5. The van der Waals surface area contributed by atoms with Crippen molar-refractivity contribution < 1.29 is 24.8 Å². The number of nitrogens with zero attached hydrogens (tertiary/aromatic N) is 1. The molecule has 0 bridgehead atoms. The van der Waals surface area contributed by atoms with Crippen molar-refractivity contribution in [3.8, 4) is 0 Å². The van der Waals surface area contributed by atoms with E-state index >= 15 is 0 Å². The quantitative estimate of drug-likeness (QED) is 0.571. The lowest BCUT2D eigenvalue weighted by atomic mass is 10.00. The second-order valence-corrected chi connectivity index (χ2v) is 6.94. The van der Waals surface area contributed by atoms with Gasteiger partial charge in [0.05, 0.1) is 12.7 Å². The summed E-state index contributed by atoms with van der Waals surface area (Å²) < 4.78 is 11.3. The molecule has 0 aromatic heterocycles. The first-order valence-corrected chi connectivity index (χ1v) is 8.88. The topological polar surface area (TPSA) is 108 Å². The van der Waals surface area contributed by atoms with Crippen molar-refractivity contribution in [1.82, 2.24) is 4.90 Å². The van der Waals surface area contributed by atoms with Crippen LogP contribution in [0.1, 0.15) is 24.7 Å². The Labute approximate surface area is 148 Å². The number of aliphatic hydroxyl groups excluding tert-OH is 3. The second-order valence-electron chi connectivity index (χ2n) is 6.94. The van der Waals surface area contributed by atoms with Crippen molar-refractivity contribution in [2.45, 2.75) is 49.6 Å². The number of rotatable bonds is 5. The van der Waals surface area contributed by atoms with E-state index in [0.717, 1.165) is 31.5 Å². The summed E-state index contributed by atoms with van der Waals surface area (Å²) in [4.78, 5) is 2.08. The second kappa shape index (κ2) is 8.55. The molecule has 3 rings (SSSR count). The summed E-state index contributed by atoms with van der Waals surface area (Å²) in [5, 5.41) is 31.1. The molecule has 7 heteroatoms. The Kier molecular flexibility index (Phi) is 6.40. The van der Waals surface area contributed by atoms with E-state index in [1.165, 1.54) is 0 Å². The molecule has 2 heterocycles. The maximum atomic E-state index is 10.5. The van der Waals surface area contributed by atoms with Crippen molar-refractivity contribution >= 4 is 0 Å². The average Bonchev–Trinajstić information content (AvgIpc) is 2.64. The van der Waals surface area contributed by atoms with Crippen molar-refractivity contribution in [3.63, 3.8) is 0 Å². The average molecular weight is 352 g/mol. The molecule has 0 amide bonds. The summed E-state index contributed by atoms with van der Waals surface area (Å²) in [6.45, 7) is 1.98. The first-order chi connectivity index (χ1) is 12.0. The zero-order chi connectivity index (χ0) is 17.8. The Balaban J connectivity index is 1.58. The molecule has 1 unspecified atom stereocenters. The highest BCUT2D eigenvalue weighted by atomic mass is 16.7. The molecule has 0 radical (unpaired) electrons. The first-order valence-electron chi connectivity index (χ1n) is 8.88. The summed E-state index contributed by atoms with van der Waals surface area (Å²) in [5.74, 6) is 0.